The van der Waals surface area contributed by atoms with E-state index in [1.54, 1.807) is 12.1 Å². The van der Waals surface area contributed by atoms with Gasteiger partial charge in [-0.3, -0.25) is 0 Å². The maximum atomic E-state index is 12.3. The number of hydrogen-bond acceptors (Lipinski definition) is 4. The Kier molecular flexibility index (Phi) is 4.43. The van der Waals surface area contributed by atoms with Crippen molar-refractivity contribution in [1.82, 2.24) is 4.72 Å². The minimum Gasteiger partial charge on any atom is -0.381 e. The van der Waals surface area contributed by atoms with Gasteiger partial charge in [0.15, 0.2) is 0 Å². The maximum absolute atomic E-state index is 12.3. The van der Waals surface area contributed by atoms with Gasteiger partial charge >= 0.3 is 0 Å². The van der Waals surface area contributed by atoms with Gasteiger partial charge in [-0.1, -0.05) is 12.1 Å². The van der Waals surface area contributed by atoms with Crippen LogP contribution in [0.1, 0.15) is 25.7 Å². The predicted octanol–water partition coefficient (Wildman–Crippen LogP) is 1.99. The third-order valence-electron chi connectivity index (χ3n) is 4.83. The number of hydrogen-bond donors (Lipinski definition) is 1. The molecule has 5 nitrogen and oxygen atoms in total. The van der Waals surface area contributed by atoms with E-state index in [0.29, 0.717) is 4.90 Å². The van der Waals surface area contributed by atoms with Gasteiger partial charge in [-0.05, 0) is 44.9 Å². The van der Waals surface area contributed by atoms with E-state index in [0.717, 1.165) is 44.8 Å². The summed E-state index contributed by atoms with van der Waals surface area (Å²) in [7, 11) is -1.99. The van der Waals surface area contributed by atoms with E-state index in [2.05, 4.69) is 9.62 Å². The minimum atomic E-state index is -3.44. The fourth-order valence-electron chi connectivity index (χ4n) is 3.70. The molecule has 0 radical (unpaired) electrons. The van der Waals surface area contributed by atoms with Gasteiger partial charge in [-0.2, -0.15) is 0 Å². The SMILES string of the molecule is CNS(=O)(=O)c1ccccc1N1CCCC2(CCCOC2)C1. The van der Waals surface area contributed by atoms with Gasteiger partial charge in [0.05, 0.1) is 12.3 Å². The van der Waals surface area contributed by atoms with Gasteiger partial charge in [0.1, 0.15) is 4.90 Å². The third-order valence-corrected chi connectivity index (χ3v) is 6.29. The van der Waals surface area contributed by atoms with E-state index < -0.39 is 10.0 Å². The van der Waals surface area contributed by atoms with Crippen LogP contribution in [0.15, 0.2) is 29.2 Å². The second-order valence-electron chi connectivity index (χ2n) is 6.36. The molecule has 2 fully saturated rings. The maximum Gasteiger partial charge on any atom is 0.242 e. The molecule has 1 atom stereocenters. The first-order valence-electron chi connectivity index (χ1n) is 7.92. The highest BCUT2D eigenvalue weighted by atomic mass is 32.2. The fraction of sp³-hybridized carbons (Fsp3) is 0.625. The van der Waals surface area contributed by atoms with Crippen molar-refractivity contribution in [3.05, 3.63) is 24.3 Å². The molecule has 0 bridgehead atoms. The minimum absolute atomic E-state index is 0.188. The molecular weight excluding hydrogens is 300 g/mol. The number of anilines is 1. The summed E-state index contributed by atoms with van der Waals surface area (Å²) in [6.45, 7) is 3.43. The fourth-order valence-corrected chi connectivity index (χ4v) is 4.65. The van der Waals surface area contributed by atoms with Crippen molar-refractivity contribution < 1.29 is 13.2 Å². The van der Waals surface area contributed by atoms with Crippen molar-refractivity contribution in [2.24, 2.45) is 5.41 Å². The lowest BCUT2D eigenvalue weighted by Crippen LogP contribution is -2.48. The summed E-state index contributed by atoms with van der Waals surface area (Å²) in [5.41, 5.74) is 0.994. The summed E-state index contributed by atoms with van der Waals surface area (Å²) in [5.74, 6) is 0. The van der Waals surface area contributed by atoms with Crippen molar-refractivity contribution in [2.75, 3.05) is 38.3 Å². The number of nitrogens with one attached hydrogen (secondary N) is 1. The van der Waals surface area contributed by atoms with E-state index in [9.17, 15) is 8.42 Å². The lowest BCUT2D eigenvalue weighted by atomic mass is 9.76. The van der Waals surface area contributed by atoms with Gasteiger partial charge in [-0.15, -0.1) is 0 Å². The van der Waals surface area contributed by atoms with Gasteiger partial charge in [-0.25, -0.2) is 13.1 Å². The Hall–Kier alpha value is -1.11. The molecule has 6 heteroatoms. The van der Waals surface area contributed by atoms with Gasteiger partial charge < -0.3 is 9.64 Å². The Bertz CT molecular complexity index is 619. The van der Waals surface area contributed by atoms with Crippen LogP contribution in [0.5, 0.6) is 0 Å². The Morgan fingerprint density at radius 2 is 2.00 bits per heavy atom. The Morgan fingerprint density at radius 3 is 2.73 bits per heavy atom. The molecule has 2 saturated heterocycles. The molecule has 1 aromatic carbocycles. The quantitative estimate of drug-likeness (QED) is 0.924. The summed E-state index contributed by atoms with van der Waals surface area (Å²) in [6.07, 6.45) is 4.52. The van der Waals surface area contributed by atoms with Crippen LogP contribution in [-0.2, 0) is 14.8 Å². The first-order valence-corrected chi connectivity index (χ1v) is 9.40. The van der Waals surface area contributed by atoms with Crippen LogP contribution in [0.2, 0.25) is 0 Å². The highest BCUT2D eigenvalue weighted by molar-refractivity contribution is 7.89. The molecule has 0 aromatic heterocycles. The normalized spacial score (nSPS) is 26.3. The molecule has 1 spiro atoms. The van der Waals surface area contributed by atoms with Crippen molar-refractivity contribution >= 4 is 15.7 Å². The summed E-state index contributed by atoms with van der Waals surface area (Å²) in [5, 5.41) is 0. The first kappa shape index (κ1) is 15.8. The number of nitrogens with zero attached hydrogens (tertiary/aromatic N) is 1. The van der Waals surface area contributed by atoms with E-state index in [-0.39, 0.29) is 5.41 Å². The van der Waals surface area contributed by atoms with Crippen molar-refractivity contribution in [2.45, 2.75) is 30.6 Å². The van der Waals surface area contributed by atoms with E-state index in [4.69, 9.17) is 4.74 Å². The van der Waals surface area contributed by atoms with Crippen LogP contribution < -0.4 is 9.62 Å². The molecule has 1 unspecified atom stereocenters. The topological polar surface area (TPSA) is 58.6 Å². The molecule has 0 saturated carbocycles. The number of benzene rings is 1. The summed E-state index contributed by atoms with van der Waals surface area (Å²) in [4.78, 5) is 2.59. The van der Waals surface area contributed by atoms with E-state index >= 15 is 0 Å². The van der Waals surface area contributed by atoms with Crippen molar-refractivity contribution in [3.8, 4) is 0 Å². The molecular formula is C16H24N2O3S. The van der Waals surface area contributed by atoms with Crippen LogP contribution in [-0.4, -0.2) is 41.8 Å². The van der Waals surface area contributed by atoms with Crippen molar-refractivity contribution in [1.29, 1.82) is 0 Å². The van der Waals surface area contributed by atoms with E-state index in [1.807, 2.05) is 12.1 Å². The number of ether oxygens (including phenoxy) is 1. The molecule has 122 valence electrons. The zero-order valence-electron chi connectivity index (χ0n) is 13.0. The molecule has 1 N–H and O–H groups in total. The largest absolute Gasteiger partial charge is 0.381 e. The highest BCUT2D eigenvalue weighted by Crippen LogP contribution is 2.40. The molecule has 1 aromatic rings. The van der Waals surface area contributed by atoms with Crippen LogP contribution in [0.25, 0.3) is 0 Å². The number of piperidine rings is 1. The van der Waals surface area contributed by atoms with Gasteiger partial charge in [0.25, 0.3) is 0 Å². The zero-order chi connectivity index (χ0) is 15.6. The van der Waals surface area contributed by atoms with Crippen molar-refractivity contribution in [3.63, 3.8) is 0 Å². The smallest absolute Gasteiger partial charge is 0.242 e. The molecule has 2 aliphatic heterocycles. The number of rotatable bonds is 3. The van der Waals surface area contributed by atoms with Crippen LogP contribution in [0.4, 0.5) is 5.69 Å². The second kappa shape index (κ2) is 6.18. The molecule has 0 aliphatic carbocycles. The second-order valence-corrected chi connectivity index (χ2v) is 8.21. The van der Waals surface area contributed by atoms with Crippen LogP contribution >= 0.6 is 0 Å². The summed E-state index contributed by atoms with van der Waals surface area (Å²) in [6, 6.07) is 7.27. The van der Waals surface area contributed by atoms with Crippen LogP contribution in [0.3, 0.4) is 0 Å². The molecule has 22 heavy (non-hydrogen) atoms. The Morgan fingerprint density at radius 1 is 1.23 bits per heavy atom. The lowest BCUT2D eigenvalue weighted by Gasteiger charge is -2.46. The van der Waals surface area contributed by atoms with E-state index in [1.165, 1.54) is 19.9 Å². The van der Waals surface area contributed by atoms with Gasteiger partial charge in [0.2, 0.25) is 10.0 Å². The van der Waals surface area contributed by atoms with Gasteiger partial charge in [0, 0.05) is 25.1 Å². The monoisotopic (exact) mass is 324 g/mol. The summed E-state index contributed by atoms with van der Waals surface area (Å²) < 4.78 is 32.7. The molecule has 3 rings (SSSR count). The Balaban J connectivity index is 1.91. The predicted molar refractivity (Wildman–Crippen MR) is 86.6 cm³/mol. The first-order chi connectivity index (χ1) is 10.6. The molecule has 2 aliphatic rings. The lowest BCUT2D eigenvalue weighted by molar-refractivity contribution is -0.0150. The molecule has 0 amide bonds. The third kappa shape index (κ3) is 3.00. The average molecular weight is 324 g/mol. The molecule has 2 heterocycles. The Labute approximate surface area is 132 Å². The average Bonchev–Trinajstić information content (AvgIpc) is 2.55. The number of para-hydroxylation sites is 1. The highest BCUT2D eigenvalue weighted by Gasteiger charge is 2.38. The standard InChI is InChI=1S/C16H24N2O3S/c1-17-22(19,20)15-7-3-2-6-14(15)18-10-4-8-16(12-18)9-5-11-21-13-16/h2-3,6-7,17H,4-5,8-13H2,1H3. The van der Waals surface area contributed by atoms with Crippen LogP contribution in [0, 0.1) is 5.41 Å². The number of sulfonamides is 1. The zero-order valence-corrected chi connectivity index (χ0v) is 13.9. The summed E-state index contributed by atoms with van der Waals surface area (Å²) >= 11 is 0.